The molecule has 0 aromatic heterocycles. The number of ether oxygens (including phenoxy) is 2. The third kappa shape index (κ3) is 3.52. The fourth-order valence-corrected chi connectivity index (χ4v) is 3.45. The lowest BCUT2D eigenvalue weighted by Crippen LogP contribution is -2.08. The van der Waals surface area contributed by atoms with E-state index < -0.39 is 5.97 Å². The summed E-state index contributed by atoms with van der Waals surface area (Å²) in [5, 5.41) is 12.6. The van der Waals surface area contributed by atoms with Crippen molar-refractivity contribution >= 4 is 40.6 Å². The SMILES string of the molecule is Cc1ccc(C(=O)O)cc1NC1=NC(=O)/C(=C/c2ccc3c(c2)OCO3)S1. The number of carbonyl (C=O) groups excluding carboxylic acids is 1. The van der Waals surface area contributed by atoms with Gasteiger partial charge in [0.2, 0.25) is 6.79 Å². The van der Waals surface area contributed by atoms with Gasteiger partial charge < -0.3 is 19.9 Å². The quantitative estimate of drug-likeness (QED) is 0.784. The number of hydrogen-bond donors (Lipinski definition) is 2. The molecule has 1 amide bonds. The number of carboxylic acid groups (broad SMARTS) is 1. The largest absolute Gasteiger partial charge is 0.478 e. The molecule has 27 heavy (non-hydrogen) atoms. The molecule has 2 aromatic carbocycles. The summed E-state index contributed by atoms with van der Waals surface area (Å²) in [7, 11) is 0. The molecule has 0 saturated carbocycles. The number of carboxylic acids is 1. The van der Waals surface area contributed by atoms with Crippen molar-refractivity contribution in [3.8, 4) is 11.5 Å². The average Bonchev–Trinajstić information content (AvgIpc) is 3.23. The molecule has 2 aromatic rings. The normalized spacial score (nSPS) is 16.6. The molecule has 0 aliphatic carbocycles. The number of benzene rings is 2. The van der Waals surface area contributed by atoms with Crippen LogP contribution in [0.4, 0.5) is 5.69 Å². The highest BCUT2D eigenvalue weighted by molar-refractivity contribution is 8.18. The Labute approximate surface area is 158 Å². The van der Waals surface area contributed by atoms with E-state index in [1.54, 1.807) is 24.3 Å². The minimum Gasteiger partial charge on any atom is -0.478 e. The zero-order valence-electron chi connectivity index (χ0n) is 14.2. The third-order valence-electron chi connectivity index (χ3n) is 4.04. The minimum atomic E-state index is -1.02. The molecule has 2 aliphatic heterocycles. The summed E-state index contributed by atoms with van der Waals surface area (Å²) in [6.45, 7) is 2.04. The van der Waals surface area contributed by atoms with E-state index in [2.05, 4.69) is 10.3 Å². The monoisotopic (exact) mass is 382 g/mol. The first-order chi connectivity index (χ1) is 13.0. The highest BCUT2D eigenvalue weighted by Crippen LogP contribution is 2.35. The number of anilines is 1. The summed E-state index contributed by atoms with van der Waals surface area (Å²) in [6, 6.07) is 10.2. The Morgan fingerprint density at radius 1 is 1.22 bits per heavy atom. The number of rotatable bonds is 3. The van der Waals surface area contributed by atoms with Crippen molar-refractivity contribution in [1.29, 1.82) is 0 Å². The highest BCUT2D eigenvalue weighted by atomic mass is 32.2. The van der Waals surface area contributed by atoms with Gasteiger partial charge in [0.15, 0.2) is 16.7 Å². The number of amides is 1. The van der Waals surface area contributed by atoms with Crippen LogP contribution in [-0.2, 0) is 4.79 Å². The fourth-order valence-electron chi connectivity index (χ4n) is 2.62. The highest BCUT2D eigenvalue weighted by Gasteiger charge is 2.23. The van der Waals surface area contributed by atoms with E-state index in [9.17, 15) is 9.59 Å². The number of thioether (sulfide) groups is 1. The van der Waals surface area contributed by atoms with Gasteiger partial charge in [-0.15, -0.1) is 0 Å². The Morgan fingerprint density at radius 3 is 2.85 bits per heavy atom. The molecule has 2 heterocycles. The van der Waals surface area contributed by atoms with Gasteiger partial charge in [-0.05, 0) is 60.2 Å². The lowest BCUT2D eigenvalue weighted by Gasteiger charge is -2.09. The summed E-state index contributed by atoms with van der Waals surface area (Å²) < 4.78 is 10.6. The summed E-state index contributed by atoms with van der Waals surface area (Å²) >= 11 is 1.20. The second-order valence-electron chi connectivity index (χ2n) is 5.91. The van der Waals surface area contributed by atoms with Crippen molar-refractivity contribution in [3.05, 3.63) is 58.0 Å². The van der Waals surface area contributed by atoms with Crippen molar-refractivity contribution in [2.75, 3.05) is 12.1 Å². The lowest BCUT2D eigenvalue weighted by molar-refractivity contribution is -0.113. The number of amidine groups is 1. The maximum atomic E-state index is 12.2. The van der Waals surface area contributed by atoms with Crippen LogP contribution in [0.3, 0.4) is 0 Å². The second kappa shape index (κ2) is 6.81. The molecule has 0 spiro atoms. The van der Waals surface area contributed by atoms with Gasteiger partial charge in [-0.1, -0.05) is 12.1 Å². The van der Waals surface area contributed by atoms with E-state index in [-0.39, 0.29) is 18.3 Å². The van der Waals surface area contributed by atoms with E-state index >= 15 is 0 Å². The number of fused-ring (bicyclic) bond motifs is 1. The molecule has 0 radical (unpaired) electrons. The lowest BCUT2D eigenvalue weighted by atomic mass is 10.1. The summed E-state index contributed by atoms with van der Waals surface area (Å²) in [5.41, 5.74) is 2.41. The molecule has 8 heteroatoms. The number of hydrogen-bond acceptors (Lipinski definition) is 6. The van der Waals surface area contributed by atoms with Gasteiger partial charge in [-0.2, -0.15) is 4.99 Å². The zero-order valence-corrected chi connectivity index (χ0v) is 15.0. The molecule has 0 fully saturated rings. The van der Waals surface area contributed by atoms with Crippen LogP contribution in [0, 0.1) is 6.92 Å². The molecular weight excluding hydrogens is 368 g/mol. The Morgan fingerprint density at radius 2 is 2.04 bits per heavy atom. The van der Waals surface area contributed by atoms with Crippen LogP contribution in [0.1, 0.15) is 21.5 Å². The van der Waals surface area contributed by atoms with Crippen molar-refractivity contribution < 1.29 is 24.2 Å². The van der Waals surface area contributed by atoms with Crippen LogP contribution in [0.25, 0.3) is 6.08 Å². The predicted octanol–water partition coefficient (Wildman–Crippen LogP) is 3.50. The number of carbonyl (C=O) groups is 2. The van der Waals surface area contributed by atoms with Crippen LogP contribution in [-0.4, -0.2) is 28.9 Å². The minimum absolute atomic E-state index is 0.161. The van der Waals surface area contributed by atoms with Crippen LogP contribution in [0.15, 0.2) is 46.3 Å². The second-order valence-corrected chi connectivity index (χ2v) is 6.94. The van der Waals surface area contributed by atoms with Crippen LogP contribution < -0.4 is 14.8 Å². The van der Waals surface area contributed by atoms with Gasteiger partial charge in [0, 0.05) is 5.69 Å². The van der Waals surface area contributed by atoms with E-state index in [1.165, 1.54) is 23.9 Å². The molecule has 4 rings (SSSR count). The molecule has 2 aliphatic rings. The third-order valence-corrected chi connectivity index (χ3v) is 4.94. The first kappa shape index (κ1) is 17.2. The molecule has 0 atom stereocenters. The van der Waals surface area contributed by atoms with E-state index in [0.29, 0.717) is 27.3 Å². The first-order valence-corrected chi connectivity index (χ1v) is 8.84. The van der Waals surface area contributed by atoms with Crippen molar-refractivity contribution in [3.63, 3.8) is 0 Å². The first-order valence-electron chi connectivity index (χ1n) is 8.03. The van der Waals surface area contributed by atoms with Gasteiger partial charge in [0.05, 0.1) is 10.5 Å². The number of aliphatic imine (C=N–C) groups is 1. The van der Waals surface area contributed by atoms with Crippen LogP contribution >= 0.6 is 11.8 Å². The fraction of sp³-hybridized carbons (Fsp3) is 0.105. The van der Waals surface area contributed by atoms with Gasteiger partial charge >= 0.3 is 5.97 Å². The molecular formula is C19H14N2O5S. The van der Waals surface area contributed by atoms with E-state index in [4.69, 9.17) is 14.6 Å². The van der Waals surface area contributed by atoms with Gasteiger partial charge in [-0.3, -0.25) is 4.79 Å². The molecule has 136 valence electrons. The van der Waals surface area contributed by atoms with E-state index in [0.717, 1.165) is 11.1 Å². The molecule has 0 saturated heterocycles. The smallest absolute Gasteiger partial charge is 0.335 e. The Bertz CT molecular complexity index is 1030. The standard InChI is InChI=1S/C19H14N2O5S/c1-10-2-4-12(18(23)24)8-13(10)20-19-21-17(22)16(27-19)7-11-3-5-14-15(6-11)26-9-25-14/h2-8H,9H2,1H3,(H,23,24)(H,20,21,22)/b16-7-. The number of aryl methyl sites for hydroxylation is 1. The number of aromatic carboxylic acids is 1. The summed E-state index contributed by atoms with van der Waals surface area (Å²) in [6.07, 6.45) is 1.73. The van der Waals surface area contributed by atoms with Crippen LogP contribution in [0.5, 0.6) is 11.5 Å². The maximum absolute atomic E-state index is 12.2. The number of nitrogens with zero attached hydrogens (tertiary/aromatic N) is 1. The van der Waals surface area contributed by atoms with Gasteiger partial charge in [-0.25, -0.2) is 4.79 Å². The Hall–Kier alpha value is -3.26. The van der Waals surface area contributed by atoms with Crippen molar-refractivity contribution in [2.24, 2.45) is 4.99 Å². The predicted molar refractivity (Wildman–Crippen MR) is 102 cm³/mol. The number of nitrogens with one attached hydrogen (secondary N) is 1. The average molecular weight is 382 g/mol. The topological polar surface area (TPSA) is 97.2 Å². The van der Waals surface area contributed by atoms with Crippen molar-refractivity contribution in [1.82, 2.24) is 0 Å². The maximum Gasteiger partial charge on any atom is 0.335 e. The Kier molecular flexibility index (Phi) is 4.33. The van der Waals surface area contributed by atoms with Crippen molar-refractivity contribution in [2.45, 2.75) is 6.92 Å². The van der Waals surface area contributed by atoms with Gasteiger partial charge in [0.25, 0.3) is 5.91 Å². The molecule has 0 bridgehead atoms. The van der Waals surface area contributed by atoms with Gasteiger partial charge in [0.1, 0.15) is 0 Å². The zero-order chi connectivity index (χ0) is 19.0. The Balaban J connectivity index is 1.53. The molecule has 0 unspecified atom stereocenters. The molecule has 7 nitrogen and oxygen atoms in total. The van der Waals surface area contributed by atoms with Crippen LogP contribution in [0.2, 0.25) is 0 Å². The summed E-state index contributed by atoms with van der Waals surface area (Å²) in [5.74, 6) is -0.0548. The molecule has 2 N–H and O–H groups in total. The summed E-state index contributed by atoms with van der Waals surface area (Å²) in [4.78, 5) is 27.8. The van der Waals surface area contributed by atoms with E-state index in [1.807, 2.05) is 13.0 Å².